The Morgan fingerprint density at radius 3 is 2.47 bits per heavy atom. The monoisotopic (exact) mass is 218 g/mol. The van der Waals surface area contributed by atoms with E-state index >= 15 is 0 Å². The first-order valence-corrected chi connectivity index (χ1v) is 5.45. The predicted octanol–water partition coefficient (Wildman–Crippen LogP) is 0.701. The Morgan fingerprint density at radius 2 is 2.00 bits per heavy atom. The van der Waals surface area contributed by atoms with Gasteiger partial charge in [-0.25, -0.2) is 0 Å². The van der Waals surface area contributed by atoms with Gasteiger partial charge in [0, 0.05) is 6.42 Å². The highest BCUT2D eigenvalue weighted by molar-refractivity contribution is 4.86. The fourth-order valence-corrected chi connectivity index (χ4v) is 1.86. The highest BCUT2D eigenvalue weighted by Crippen LogP contribution is 2.26. The van der Waals surface area contributed by atoms with E-state index in [-0.39, 0.29) is 24.4 Å². The lowest BCUT2D eigenvalue weighted by Gasteiger charge is -2.40. The van der Waals surface area contributed by atoms with Crippen molar-refractivity contribution in [3.05, 3.63) is 0 Å². The molecule has 1 aliphatic heterocycles. The average molecular weight is 218 g/mol. The molecule has 15 heavy (non-hydrogen) atoms. The predicted molar refractivity (Wildman–Crippen MR) is 56.7 cm³/mol. The topological polar surface area (TPSA) is 58.9 Å². The second kappa shape index (κ2) is 4.78. The lowest BCUT2D eigenvalue weighted by molar-refractivity contribution is -0.212. The zero-order valence-corrected chi connectivity index (χ0v) is 9.93. The molecule has 0 aromatic carbocycles. The van der Waals surface area contributed by atoms with E-state index in [4.69, 9.17) is 14.6 Å². The van der Waals surface area contributed by atoms with Crippen LogP contribution in [0.3, 0.4) is 0 Å². The largest absolute Gasteiger partial charge is 0.394 e. The molecule has 0 unspecified atom stereocenters. The van der Waals surface area contributed by atoms with E-state index in [1.165, 1.54) is 0 Å². The fourth-order valence-electron chi connectivity index (χ4n) is 1.86. The third kappa shape index (κ3) is 3.72. The van der Waals surface area contributed by atoms with Gasteiger partial charge in [0.15, 0.2) is 0 Å². The van der Waals surface area contributed by atoms with Gasteiger partial charge < -0.3 is 19.7 Å². The van der Waals surface area contributed by atoms with Gasteiger partial charge in [-0.15, -0.1) is 0 Å². The molecule has 4 heteroatoms. The Labute approximate surface area is 91.2 Å². The van der Waals surface area contributed by atoms with Crippen molar-refractivity contribution in [1.29, 1.82) is 0 Å². The van der Waals surface area contributed by atoms with Crippen molar-refractivity contribution in [2.45, 2.75) is 64.1 Å². The van der Waals surface area contributed by atoms with Gasteiger partial charge in [-0.2, -0.15) is 0 Å². The van der Waals surface area contributed by atoms with E-state index in [9.17, 15) is 5.11 Å². The second-order valence-electron chi connectivity index (χ2n) is 5.16. The zero-order valence-electron chi connectivity index (χ0n) is 9.93. The molecule has 0 amide bonds. The van der Waals surface area contributed by atoms with E-state index in [2.05, 4.69) is 0 Å². The van der Waals surface area contributed by atoms with Crippen LogP contribution in [0.2, 0.25) is 0 Å². The van der Waals surface area contributed by atoms with Crippen molar-refractivity contribution in [2.75, 3.05) is 6.61 Å². The third-order valence-corrected chi connectivity index (χ3v) is 2.42. The Kier molecular flexibility index (Phi) is 4.12. The van der Waals surface area contributed by atoms with Crippen molar-refractivity contribution in [3.8, 4) is 0 Å². The Balaban J connectivity index is 2.62. The number of aliphatic hydroxyl groups is 2. The number of hydrogen-bond acceptors (Lipinski definition) is 4. The molecule has 0 aromatic heterocycles. The maximum atomic E-state index is 9.90. The molecule has 90 valence electrons. The van der Waals surface area contributed by atoms with Crippen molar-refractivity contribution < 1.29 is 19.7 Å². The molecule has 0 saturated carbocycles. The van der Waals surface area contributed by atoms with Gasteiger partial charge in [0.05, 0.1) is 24.4 Å². The van der Waals surface area contributed by atoms with Crippen LogP contribution in [0.25, 0.3) is 0 Å². The lowest BCUT2D eigenvalue weighted by Crippen LogP contribution is -2.52. The second-order valence-corrected chi connectivity index (χ2v) is 5.16. The van der Waals surface area contributed by atoms with Gasteiger partial charge in [-0.3, -0.25) is 0 Å². The average Bonchev–Trinajstić information content (AvgIpc) is 2.08. The molecule has 1 fully saturated rings. The summed E-state index contributed by atoms with van der Waals surface area (Å²) in [6, 6.07) is 0. The minimum Gasteiger partial charge on any atom is -0.394 e. The molecule has 1 heterocycles. The number of ether oxygens (including phenoxy) is 2. The summed E-state index contributed by atoms with van der Waals surface area (Å²) in [5.74, 6) is 0. The molecule has 0 aliphatic carbocycles. The van der Waals surface area contributed by atoms with Crippen LogP contribution in [-0.2, 0) is 9.47 Å². The summed E-state index contributed by atoms with van der Waals surface area (Å²) in [5.41, 5.74) is -0.289. The Bertz CT molecular complexity index is 199. The maximum Gasteiger partial charge on any atom is 0.109 e. The van der Waals surface area contributed by atoms with Crippen molar-refractivity contribution in [1.82, 2.24) is 0 Å². The number of aliphatic hydroxyl groups excluding tert-OH is 2. The molecule has 1 saturated heterocycles. The summed E-state index contributed by atoms with van der Waals surface area (Å²) in [5, 5.41) is 19.0. The van der Waals surface area contributed by atoms with E-state index in [0.717, 1.165) is 0 Å². The normalized spacial score (nSPS) is 38.0. The van der Waals surface area contributed by atoms with Crippen LogP contribution in [0.5, 0.6) is 0 Å². The van der Waals surface area contributed by atoms with Crippen LogP contribution in [0.15, 0.2) is 0 Å². The summed E-state index contributed by atoms with van der Waals surface area (Å²) in [7, 11) is 0. The van der Waals surface area contributed by atoms with Crippen molar-refractivity contribution >= 4 is 0 Å². The van der Waals surface area contributed by atoms with Crippen molar-refractivity contribution in [3.63, 3.8) is 0 Å². The highest BCUT2D eigenvalue weighted by atomic mass is 16.6. The van der Waals surface area contributed by atoms with E-state index in [1.54, 1.807) is 0 Å². The minimum absolute atomic E-state index is 0.0119. The van der Waals surface area contributed by atoms with E-state index in [1.807, 2.05) is 27.7 Å². The smallest absolute Gasteiger partial charge is 0.109 e. The summed E-state index contributed by atoms with van der Waals surface area (Å²) >= 11 is 0. The Hall–Kier alpha value is -0.160. The number of rotatable bonds is 2. The molecule has 0 aromatic rings. The quantitative estimate of drug-likeness (QED) is 0.716. The van der Waals surface area contributed by atoms with Gasteiger partial charge in [-0.05, 0) is 27.7 Å². The molecule has 0 bridgehead atoms. The van der Waals surface area contributed by atoms with Gasteiger partial charge in [0.1, 0.15) is 12.2 Å². The lowest BCUT2D eigenvalue weighted by atomic mass is 9.97. The molecule has 4 nitrogen and oxygen atoms in total. The first-order valence-electron chi connectivity index (χ1n) is 5.45. The fraction of sp³-hybridized carbons (Fsp3) is 1.00. The minimum atomic E-state index is -0.745. The molecule has 1 rings (SSSR count). The van der Waals surface area contributed by atoms with Crippen molar-refractivity contribution in [2.24, 2.45) is 0 Å². The Morgan fingerprint density at radius 1 is 1.40 bits per heavy atom. The van der Waals surface area contributed by atoms with Crippen LogP contribution < -0.4 is 0 Å². The molecule has 0 spiro atoms. The van der Waals surface area contributed by atoms with Crippen LogP contribution in [-0.4, -0.2) is 46.8 Å². The van der Waals surface area contributed by atoms with Crippen LogP contribution in [0.4, 0.5) is 0 Å². The van der Waals surface area contributed by atoms with Gasteiger partial charge in [0.25, 0.3) is 0 Å². The third-order valence-electron chi connectivity index (χ3n) is 2.42. The molecule has 1 aliphatic rings. The highest BCUT2D eigenvalue weighted by Gasteiger charge is 2.38. The van der Waals surface area contributed by atoms with Crippen LogP contribution >= 0.6 is 0 Å². The molecule has 2 N–H and O–H groups in total. The van der Waals surface area contributed by atoms with Gasteiger partial charge >= 0.3 is 0 Å². The molecule has 0 radical (unpaired) electrons. The molecule has 4 atom stereocenters. The van der Waals surface area contributed by atoms with Gasteiger partial charge in [-0.1, -0.05) is 0 Å². The zero-order chi connectivity index (χ0) is 11.6. The summed E-state index contributed by atoms with van der Waals surface area (Å²) in [6.45, 7) is 7.61. The summed E-state index contributed by atoms with van der Waals surface area (Å²) < 4.78 is 11.2. The SMILES string of the molecule is C[C@H]1C[C@@H](OC(C)(C)C)[C@H](O)[C@@H](CO)O1. The van der Waals surface area contributed by atoms with E-state index in [0.29, 0.717) is 6.42 Å². The summed E-state index contributed by atoms with van der Waals surface area (Å²) in [4.78, 5) is 0. The van der Waals surface area contributed by atoms with Crippen LogP contribution in [0.1, 0.15) is 34.1 Å². The maximum absolute atomic E-state index is 9.90. The first-order chi connectivity index (χ1) is 6.83. The van der Waals surface area contributed by atoms with Crippen LogP contribution in [0, 0.1) is 0 Å². The van der Waals surface area contributed by atoms with Gasteiger partial charge in [0.2, 0.25) is 0 Å². The molecular formula is C11H22O4. The number of hydrogen-bond donors (Lipinski definition) is 2. The molecular weight excluding hydrogens is 196 g/mol. The standard InChI is InChI=1S/C11H22O4/c1-7-5-8(15-11(2,3)4)10(13)9(6-12)14-7/h7-10,12-13H,5-6H2,1-4H3/t7-,8+,9+,10-/m0/s1. The first kappa shape index (κ1) is 12.9. The van der Waals surface area contributed by atoms with E-state index < -0.39 is 12.2 Å². The summed E-state index contributed by atoms with van der Waals surface area (Å²) in [6.07, 6.45) is -0.857.